The highest BCUT2D eigenvalue weighted by Gasteiger charge is 2.15. The predicted molar refractivity (Wildman–Crippen MR) is 64.3 cm³/mol. The highest BCUT2D eigenvalue weighted by molar-refractivity contribution is 5.98. The van der Waals surface area contributed by atoms with Gasteiger partial charge in [0.1, 0.15) is 0 Å². The summed E-state index contributed by atoms with van der Waals surface area (Å²) < 4.78 is 0. The number of carbonyl (C=O) groups is 2. The molecule has 1 aromatic carbocycles. The summed E-state index contributed by atoms with van der Waals surface area (Å²) in [7, 11) is 0. The number of aliphatic hydroxyl groups excluding tert-OH is 1. The molecule has 1 heterocycles. The molecule has 0 saturated heterocycles. The van der Waals surface area contributed by atoms with Crippen LogP contribution in [0.25, 0.3) is 10.9 Å². The zero-order chi connectivity index (χ0) is 13.1. The van der Waals surface area contributed by atoms with E-state index in [0.29, 0.717) is 5.56 Å². The van der Waals surface area contributed by atoms with Crippen LogP contribution in [0.2, 0.25) is 0 Å². The van der Waals surface area contributed by atoms with Gasteiger partial charge in [-0.15, -0.1) is 0 Å². The van der Waals surface area contributed by atoms with Crippen LogP contribution in [0.3, 0.4) is 0 Å². The number of carboxylic acid groups (broad SMARTS) is 1. The zero-order valence-corrected chi connectivity index (χ0v) is 9.38. The molecule has 0 bridgehead atoms. The number of rotatable bonds is 4. The van der Waals surface area contributed by atoms with Crippen molar-refractivity contribution in [1.29, 1.82) is 0 Å². The van der Waals surface area contributed by atoms with Crippen LogP contribution >= 0.6 is 0 Å². The number of nitrogens with one attached hydrogen (secondary N) is 2. The van der Waals surface area contributed by atoms with Crippen LogP contribution < -0.4 is 5.32 Å². The molecular weight excluding hydrogens is 236 g/mol. The third-order valence-corrected chi connectivity index (χ3v) is 2.56. The van der Waals surface area contributed by atoms with Crippen LogP contribution in [-0.2, 0) is 4.79 Å². The number of carboxylic acids is 1. The molecule has 1 unspecified atom stereocenters. The van der Waals surface area contributed by atoms with Crippen molar-refractivity contribution in [2.24, 2.45) is 0 Å². The first kappa shape index (κ1) is 12.1. The van der Waals surface area contributed by atoms with E-state index in [1.807, 2.05) is 6.07 Å². The first-order valence-corrected chi connectivity index (χ1v) is 5.34. The second-order valence-corrected chi connectivity index (χ2v) is 3.84. The van der Waals surface area contributed by atoms with Crippen LogP contribution in [0.5, 0.6) is 0 Å². The average Bonchev–Trinajstić information content (AvgIpc) is 2.82. The number of aromatic amines is 1. The number of hydrogen-bond acceptors (Lipinski definition) is 3. The summed E-state index contributed by atoms with van der Waals surface area (Å²) in [6, 6.07) is 6.97. The lowest BCUT2D eigenvalue weighted by Crippen LogP contribution is -2.36. The monoisotopic (exact) mass is 248 g/mol. The third-order valence-electron chi connectivity index (χ3n) is 2.56. The molecule has 2 rings (SSSR count). The highest BCUT2D eigenvalue weighted by Crippen LogP contribution is 2.13. The molecule has 4 N–H and O–H groups in total. The predicted octanol–water partition coefficient (Wildman–Crippen LogP) is 0.343. The van der Waals surface area contributed by atoms with Crippen molar-refractivity contribution in [2.45, 2.75) is 6.10 Å². The van der Waals surface area contributed by atoms with Gasteiger partial charge in [0.15, 0.2) is 6.10 Å². The van der Waals surface area contributed by atoms with Crippen molar-refractivity contribution in [1.82, 2.24) is 10.3 Å². The average molecular weight is 248 g/mol. The Kier molecular flexibility index (Phi) is 3.29. The van der Waals surface area contributed by atoms with E-state index in [2.05, 4.69) is 10.3 Å². The molecule has 6 nitrogen and oxygen atoms in total. The topological polar surface area (TPSA) is 102 Å². The molecule has 0 aliphatic heterocycles. The van der Waals surface area contributed by atoms with Gasteiger partial charge in [0.2, 0.25) is 0 Å². The fourth-order valence-electron chi connectivity index (χ4n) is 1.57. The maximum absolute atomic E-state index is 11.7. The van der Waals surface area contributed by atoms with Gasteiger partial charge in [-0.3, -0.25) is 4.79 Å². The summed E-state index contributed by atoms with van der Waals surface area (Å²) in [5.74, 6) is -1.79. The molecule has 0 saturated carbocycles. The van der Waals surface area contributed by atoms with Gasteiger partial charge in [-0.05, 0) is 23.6 Å². The van der Waals surface area contributed by atoms with Crippen molar-refractivity contribution >= 4 is 22.8 Å². The van der Waals surface area contributed by atoms with Crippen molar-refractivity contribution in [3.05, 3.63) is 36.0 Å². The lowest BCUT2D eigenvalue weighted by Gasteiger charge is -2.07. The smallest absolute Gasteiger partial charge is 0.334 e. The van der Waals surface area contributed by atoms with Gasteiger partial charge in [0.25, 0.3) is 5.91 Å². The molecule has 6 heteroatoms. The van der Waals surface area contributed by atoms with Crippen molar-refractivity contribution < 1.29 is 19.8 Å². The number of aliphatic hydroxyl groups is 1. The zero-order valence-electron chi connectivity index (χ0n) is 9.38. The Morgan fingerprint density at radius 2 is 2.11 bits per heavy atom. The normalized spacial score (nSPS) is 12.3. The number of benzene rings is 1. The number of H-pyrrole nitrogens is 1. The Bertz CT molecular complexity index is 591. The second kappa shape index (κ2) is 4.89. The number of fused-ring (bicyclic) bond motifs is 1. The van der Waals surface area contributed by atoms with Gasteiger partial charge in [0, 0.05) is 17.3 Å². The summed E-state index contributed by atoms with van der Waals surface area (Å²) in [5.41, 5.74) is 1.23. The molecule has 0 radical (unpaired) electrons. The molecule has 1 aromatic heterocycles. The molecular formula is C12H12N2O4. The summed E-state index contributed by atoms with van der Waals surface area (Å²) in [5, 5.41) is 20.8. The van der Waals surface area contributed by atoms with E-state index in [9.17, 15) is 9.59 Å². The van der Waals surface area contributed by atoms with Crippen molar-refractivity contribution in [3.8, 4) is 0 Å². The maximum Gasteiger partial charge on any atom is 0.334 e. The van der Waals surface area contributed by atoms with E-state index >= 15 is 0 Å². The minimum Gasteiger partial charge on any atom is -0.479 e. The molecule has 0 aliphatic rings. The fourth-order valence-corrected chi connectivity index (χ4v) is 1.57. The quantitative estimate of drug-likeness (QED) is 0.626. The van der Waals surface area contributed by atoms with E-state index in [1.165, 1.54) is 0 Å². The highest BCUT2D eigenvalue weighted by atomic mass is 16.4. The van der Waals surface area contributed by atoms with Gasteiger partial charge >= 0.3 is 5.97 Å². The molecule has 0 fully saturated rings. The number of aromatic nitrogens is 1. The van der Waals surface area contributed by atoms with E-state index < -0.39 is 18.0 Å². The Balaban J connectivity index is 2.06. The minimum atomic E-state index is -1.59. The van der Waals surface area contributed by atoms with Gasteiger partial charge < -0.3 is 20.5 Å². The Morgan fingerprint density at radius 3 is 2.83 bits per heavy atom. The Labute approximate surface area is 102 Å². The van der Waals surface area contributed by atoms with Crippen LogP contribution in [0, 0.1) is 0 Å². The van der Waals surface area contributed by atoms with Crippen LogP contribution in [0.1, 0.15) is 10.4 Å². The van der Waals surface area contributed by atoms with E-state index in [0.717, 1.165) is 10.9 Å². The Hall–Kier alpha value is -2.34. The van der Waals surface area contributed by atoms with Crippen molar-refractivity contribution in [2.75, 3.05) is 6.54 Å². The van der Waals surface area contributed by atoms with Crippen molar-refractivity contribution in [3.63, 3.8) is 0 Å². The molecule has 18 heavy (non-hydrogen) atoms. The first-order chi connectivity index (χ1) is 8.58. The molecule has 0 aliphatic carbocycles. The number of amides is 1. The number of hydrogen-bond donors (Lipinski definition) is 4. The molecule has 94 valence electrons. The van der Waals surface area contributed by atoms with Gasteiger partial charge in [-0.1, -0.05) is 6.07 Å². The molecule has 0 spiro atoms. The molecule has 1 amide bonds. The lowest BCUT2D eigenvalue weighted by molar-refractivity contribution is -0.146. The summed E-state index contributed by atoms with van der Waals surface area (Å²) in [6.45, 7) is -0.322. The fraction of sp³-hybridized carbons (Fsp3) is 0.167. The lowest BCUT2D eigenvalue weighted by atomic mass is 10.1. The van der Waals surface area contributed by atoms with Crippen LogP contribution in [0.15, 0.2) is 30.5 Å². The second-order valence-electron chi connectivity index (χ2n) is 3.84. The minimum absolute atomic E-state index is 0.322. The van der Waals surface area contributed by atoms with E-state index in [-0.39, 0.29) is 6.54 Å². The third kappa shape index (κ3) is 2.49. The van der Waals surface area contributed by atoms with E-state index in [1.54, 1.807) is 24.4 Å². The van der Waals surface area contributed by atoms with Crippen LogP contribution in [0.4, 0.5) is 0 Å². The Morgan fingerprint density at radius 1 is 1.33 bits per heavy atom. The van der Waals surface area contributed by atoms with Gasteiger partial charge in [0.05, 0.1) is 6.54 Å². The largest absolute Gasteiger partial charge is 0.479 e. The first-order valence-electron chi connectivity index (χ1n) is 5.34. The molecule has 1 atom stereocenters. The van der Waals surface area contributed by atoms with E-state index in [4.69, 9.17) is 10.2 Å². The van der Waals surface area contributed by atoms with Crippen LogP contribution in [-0.4, -0.2) is 39.7 Å². The number of aliphatic carboxylic acids is 1. The maximum atomic E-state index is 11.7. The SMILES string of the molecule is O=C(NCC(O)C(=O)O)c1ccc2cc[nH]c2c1. The summed E-state index contributed by atoms with van der Waals surface area (Å²) in [4.78, 5) is 25.1. The summed E-state index contributed by atoms with van der Waals surface area (Å²) in [6.07, 6.45) is 0.170. The van der Waals surface area contributed by atoms with Gasteiger partial charge in [-0.2, -0.15) is 0 Å². The summed E-state index contributed by atoms with van der Waals surface area (Å²) >= 11 is 0. The number of carbonyl (C=O) groups excluding carboxylic acids is 1. The molecule has 2 aromatic rings. The standard InChI is InChI=1S/C12H12N2O4/c15-10(12(17)18)6-14-11(16)8-2-1-7-3-4-13-9(7)5-8/h1-5,10,13,15H,6H2,(H,14,16)(H,17,18). The van der Waals surface area contributed by atoms with Gasteiger partial charge in [-0.25, -0.2) is 4.79 Å².